The number of aromatic hydroxyl groups is 2. The number of likely N-dealkylation sites (N-methyl/N-ethyl adjacent to an activating group) is 1. The Balaban J connectivity index is 0.00000176. The minimum Gasteiger partial charge on any atom is -0.508 e. The molecule has 0 aliphatic rings. The van der Waals surface area contributed by atoms with Gasteiger partial charge in [-0.05, 0) is 91.0 Å². The van der Waals surface area contributed by atoms with Crippen LogP contribution in [0.15, 0.2) is 72.8 Å². The number of hydrogen-bond acceptors (Lipinski definition) is 5. The third kappa shape index (κ3) is 7.08. The first-order valence-electron chi connectivity index (χ1n) is 10.6. The van der Waals surface area contributed by atoms with Crippen LogP contribution < -0.4 is 4.74 Å². The second-order valence-electron chi connectivity index (χ2n) is 7.48. The lowest BCUT2D eigenvalue weighted by molar-refractivity contribution is 0.261. The first-order valence-corrected chi connectivity index (χ1v) is 11.5. The quantitative estimate of drug-likeness (QED) is 0.292. The number of hydrogen-bond donors (Lipinski definition) is 3. The van der Waals surface area contributed by atoms with Gasteiger partial charge in [0.2, 0.25) is 0 Å². The van der Waals surface area contributed by atoms with Crippen molar-refractivity contribution in [1.29, 1.82) is 0 Å². The fourth-order valence-corrected chi connectivity index (χ4v) is 3.42. The molecule has 0 amide bonds. The van der Waals surface area contributed by atoms with Gasteiger partial charge in [0.15, 0.2) is 0 Å². The van der Waals surface area contributed by atoms with Crippen LogP contribution in [0, 0.1) is 0 Å². The maximum absolute atomic E-state index is 9.75. The Labute approximate surface area is 197 Å². The molecule has 0 spiro atoms. The molecule has 0 aliphatic carbocycles. The van der Waals surface area contributed by atoms with E-state index in [-0.39, 0.29) is 11.5 Å². The Kier molecular flexibility index (Phi) is 10.2. The Hall–Kier alpha value is -2.89. The van der Waals surface area contributed by atoms with Crippen molar-refractivity contribution in [3.8, 4) is 17.2 Å². The molecular formula is C27H33NO3S. The first kappa shape index (κ1) is 25.4. The number of benzene rings is 3. The van der Waals surface area contributed by atoms with E-state index in [1.807, 2.05) is 50.5 Å². The van der Waals surface area contributed by atoms with E-state index in [1.54, 1.807) is 30.5 Å². The van der Waals surface area contributed by atoms with Gasteiger partial charge >= 0.3 is 0 Å². The number of phenolic OH excluding ortho intramolecular Hbond substituents is 2. The Morgan fingerprint density at radius 1 is 0.812 bits per heavy atom. The van der Waals surface area contributed by atoms with Crippen molar-refractivity contribution in [2.24, 2.45) is 0 Å². The molecule has 0 unspecified atom stereocenters. The second-order valence-corrected chi connectivity index (χ2v) is 7.48. The van der Waals surface area contributed by atoms with Gasteiger partial charge in [-0.2, -0.15) is 12.6 Å². The largest absolute Gasteiger partial charge is 0.508 e. The number of thiol groups is 1. The molecule has 3 rings (SSSR count). The summed E-state index contributed by atoms with van der Waals surface area (Å²) >= 11 is 3.53. The van der Waals surface area contributed by atoms with E-state index < -0.39 is 0 Å². The minimum atomic E-state index is 0.234. The van der Waals surface area contributed by atoms with Crippen LogP contribution in [0.2, 0.25) is 0 Å². The lowest BCUT2D eigenvalue weighted by atomic mass is 9.88. The highest BCUT2D eigenvalue weighted by Crippen LogP contribution is 2.36. The van der Waals surface area contributed by atoms with Crippen LogP contribution in [0.25, 0.3) is 11.1 Å². The minimum absolute atomic E-state index is 0.234. The molecule has 3 aromatic carbocycles. The summed E-state index contributed by atoms with van der Waals surface area (Å²) in [5.41, 5.74) is 5.35. The molecule has 0 aromatic heterocycles. The number of nitrogens with zero attached hydrogens (tertiary/aromatic N) is 1. The highest BCUT2D eigenvalue weighted by molar-refractivity contribution is 7.79. The van der Waals surface area contributed by atoms with E-state index in [9.17, 15) is 10.2 Å². The van der Waals surface area contributed by atoms with E-state index in [1.165, 1.54) is 5.57 Å². The van der Waals surface area contributed by atoms with Gasteiger partial charge in [-0.25, -0.2) is 0 Å². The third-order valence-electron chi connectivity index (χ3n) is 4.96. The van der Waals surface area contributed by atoms with Gasteiger partial charge in [0.25, 0.3) is 0 Å². The molecule has 0 bridgehead atoms. The van der Waals surface area contributed by atoms with E-state index >= 15 is 0 Å². The first-order chi connectivity index (χ1) is 15.5. The second kappa shape index (κ2) is 12.8. The number of allylic oxidation sites excluding steroid dienone is 1. The third-order valence-corrected chi connectivity index (χ3v) is 4.96. The predicted molar refractivity (Wildman–Crippen MR) is 138 cm³/mol. The Morgan fingerprint density at radius 3 is 1.81 bits per heavy atom. The monoisotopic (exact) mass is 451 g/mol. The summed E-state index contributed by atoms with van der Waals surface area (Å²) in [6, 6.07) is 22.6. The van der Waals surface area contributed by atoms with E-state index in [2.05, 4.69) is 36.6 Å². The summed E-state index contributed by atoms with van der Waals surface area (Å²) in [6.07, 6.45) is 2.51. The molecule has 0 radical (unpaired) electrons. The number of ether oxygens (including phenoxy) is 1. The molecule has 32 heavy (non-hydrogen) atoms. The molecule has 0 saturated carbocycles. The summed E-state index contributed by atoms with van der Waals surface area (Å²) in [6.45, 7) is 3.62. The van der Waals surface area contributed by atoms with Crippen molar-refractivity contribution in [2.45, 2.75) is 13.3 Å². The maximum atomic E-state index is 9.75. The number of rotatable bonds is 8. The van der Waals surface area contributed by atoms with E-state index in [0.717, 1.165) is 41.0 Å². The lowest BCUT2D eigenvalue weighted by Gasteiger charge is -2.17. The van der Waals surface area contributed by atoms with Crippen LogP contribution in [0.3, 0.4) is 0 Å². The maximum Gasteiger partial charge on any atom is 0.119 e. The van der Waals surface area contributed by atoms with Gasteiger partial charge in [0, 0.05) is 6.54 Å². The summed E-state index contributed by atoms with van der Waals surface area (Å²) in [5.74, 6) is 1.31. The molecule has 5 heteroatoms. The van der Waals surface area contributed by atoms with Gasteiger partial charge in [0.05, 0.1) is 0 Å². The zero-order valence-corrected chi connectivity index (χ0v) is 20.1. The van der Waals surface area contributed by atoms with Gasteiger partial charge in [0.1, 0.15) is 23.9 Å². The molecule has 0 saturated heterocycles. The average Bonchev–Trinajstić information content (AvgIpc) is 2.80. The summed E-state index contributed by atoms with van der Waals surface area (Å²) in [5, 5.41) is 19.5. The number of phenols is 2. The Bertz CT molecular complexity index is 949. The molecule has 3 aromatic rings. The SMILES string of the molecule is CCC(=C(c1ccc(O)cc1)c1ccc(O)cc1)c1cccc(OCCN(C)C)c1.CS. The van der Waals surface area contributed by atoms with Gasteiger partial charge in [-0.1, -0.05) is 43.3 Å². The van der Waals surface area contributed by atoms with E-state index in [0.29, 0.717) is 6.61 Å². The molecule has 0 fully saturated rings. The van der Waals surface area contributed by atoms with Gasteiger partial charge in [-0.15, -0.1) is 0 Å². The average molecular weight is 452 g/mol. The molecule has 0 atom stereocenters. The normalized spacial score (nSPS) is 10.3. The fourth-order valence-electron chi connectivity index (χ4n) is 3.42. The van der Waals surface area contributed by atoms with Crippen LogP contribution in [-0.4, -0.2) is 48.6 Å². The van der Waals surface area contributed by atoms with E-state index in [4.69, 9.17) is 4.74 Å². The van der Waals surface area contributed by atoms with Crippen LogP contribution in [0.1, 0.15) is 30.0 Å². The summed E-state index contributed by atoms with van der Waals surface area (Å²) in [4.78, 5) is 2.09. The van der Waals surface area contributed by atoms with Crippen molar-refractivity contribution < 1.29 is 14.9 Å². The molecule has 0 aliphatic heterocycles. The topological polar surface area (TPSA) is 52.9 Å². The highest BCUT2D eigenvalue weighted by atomic mass is 32.1. The van der Waals surface area contributed by atoms with Crippen molar-refractivity contribution in [1.82, 2.24) is 4.90 Å². The smallest absolute Gasteiger partial charge is 0.119 e. The van der Waals surface area contributed by atoms with Crippen molar-refractivity contribution in [3.05, 3.63) is 89.5 Å². The highest BCUT2D eigenvalue weighted by Gasteiger charge is 2.14. The predicted octanol–water partition coefficient (Wildman–Crippen LogP) is 5.95. The lowest BCUT2D eigenvalue weighted by Crippen LogP contribution is -2.19. The molecular weight excluding hydrogens is 418 g/mol. The molecule has 4 nitrogen and oxygen atoms in total. The molecule has 170 valence electrons. The van der Waals surface area contributed by atoms with Crippen molar-refractivity contribution >= 4 is 23.8 Å². The summed E-state index contributed by atoms with van der Waals surface area (Å²) in [7, 11) is 4.05. The van der Waals surface area contributed by atoms with Gasteiger partial charge in [-0.3, -0.25) is 0 Å². The Morgan fingerprint density at radius 2 is 1.34 bits per heavy atom. The summed E-state index contributed by atoms with van der Waals surface area (Å²) < 4.78 is 5.94. The van der Waals surface area contributed by atoms with Crippen LogP contribution >= 0.6 is 12.6 Å². The molecule has 0 heterocycles. The zero-order chi connectivity index (χ0) is 23.5. The zero-order valence-electron chi connectivity index (χ0n) is 19.2. The van der Waals surface area contributed by atoms with Crippen molar-refractivity contribution in [2.75, 3.05) is 33.5 Å². The van der Waals surface area contributed by atoms with Crippen LogP contribution in [0.4, 0.5) is 0 Å². The van der Waals surface area contributed by atoms with Crippen molar-refractivity contribution in [3.63, 3.8) is 0 Å². The van der Waals surface area contributed by atoms with Crippen LogP contribution in [0.5, 0.6) is 17.2 Å². The molecule has 2 N–H and O–H groups in total. The standard InChI is InChI=1S/C26H29NO3.CH4S/c1-4-25(21-6-5-7-24(18-21)30-17-16-27(2)3)26(19-8-12-22(28)13-9-19)20-10-14-23(29)15-11-20;1-2/h5-15,18,28-29H,4,16-17H2,1-3H3;2H,1H3. The van der Waals surface area contributed by atoms with Gasteiger partial charge < -0.3 is 19.8 Å². The van der Waals surface area contributed by atoms with Crippen LogP contribution in [-0.2, 0) is 0 Å². The fraction of sp³-hybridized carbons (Fsp3) is 0.259.